The van der Waals surface area contributed by atoms with Gasteiger partial charge >= 0.3 is 5.97 Å². The minimum Gasteiger partial charge on any atom is -0.480 e. The predicted octanol–water partition coefficient (Wildman–Crippen LogP) is 1.73. The van der Waals surface area contributed by atoms with E-state index in [2.05, 4.69) is 0 Å². The maximum Gasteiger partial charge on any atom is 0.322 e. The summed E-state index contributed by atoms with van der Waals surface area (Å²) < 4.78 is 65.4. The number of piperidine rings is 1. The minimum atomic E-state index is -4.70. The van der Waals surface area contributed by atoms with Gasteiger partial charge in [0.1, 0.15) is 23.5 Å². The van der Waals surface area contributed by atoms with Crippen molar-refractivity contribution >= 4 is 16.0 Å². The molecule has 0 spiro atoms. The lowest BCUT2D eigenvalue weighted by Crippen LogP contribution is -2.48. The van der Waals surface area contributed by atoms with Gasteiger partial charge in [-0.05, 0) is 19.3 Å². The molecular weight excluding hydrogens is 311 g/mol. The maximum absolute atomic E-state index is 13.7. The number of benzene rings is 1. The highest BCUT2D eigenvalue weighted by Crippen LogP contribution is 2.29. The highest BCUT2D eigenvalue weighted by Gasteiger charge is 2.40. The van der Waals surface area contributed by atoms with E-state index >= 15 is 0 Å². The highest BCUT2D eigenvalue weighted by molar-refractivity contribution is 7.89. The lowest BCUT2D eigenvalue weighted by Gasteiger charge is -2.31. The van der Waals surface area contributed by atoms with Gasteiger partial charge in [0.05, 0.1) is 0 Å². The van der Waals surface area contributed by atoms with Crippen molar-refractivity contribution in [2.45, 2.75) is 30.2 Å². The molecule has 9 heteroatoms. The van der Waals surface area contributed by atoms with Gasteiger partial charge in [-0.25, -0.2) is 21.6 Å². The van der Waals surface area contributed by atoms with E-state index in [4.69, 9.17) is 5.11 Å². The third-order valence-corrected chi connectivity index (χ3v) is 5.23. The Kier molecular flexibility index (Phi) is 4.24. The lowest BCUT2D eigenvalue weighted by atomic mass is 10.1. The van der Waals surface area contributed by atoms with Crippen LogP contribution in [0.25, 0.3) is 0 Å². The molecule has 0 bridgehead atoms. The zero-order valence-corrected chi connectivity index (χ0v) is 11.5. The molecule has 5 nitrogen and oxygen atoms in total. The Balaban J connectivity index is 2.53. The average Bonchev–Trinajstić information content (AvgIpc) is 2.37. The zero-order valence-electron chi connectivity index (χ0n) is 10.7. The van der Waals surface area contributed by atoms with Crippen molar-refractivity contribution < 1.29 is 31.5 Å². The van der Waals surface area contributed by atoms with Crippen molar-refractivity contribution in [3.05, 3.63) is 29.6 Å². The smallest absolute Gasteiger partial charge is 0.322 e. The largest absolute Gasteiger partial charge is 0.480 e. The number of aliphatic carboxylic acids is 1. The SMILES string of the molecule is O=C(O)[C@H]1CCCCN1S(=O)(=O)c1c(F)cc(F)cc1F. The Morgan fingerprint density at radius 2 is 1.76 bits per heavy atom. The van der Waals surface area contributed by atoms with Crippen LogP contribution < -0.4 is 0 Å². The van der Waals surface area contributed by atoms with Gasteiger partial charge in [0.2, 0.25) is 10.0 Å². The summed E-state index contributed by atoms with van der Waals surface area (Å²) in [4.78, 5) is 9.79. The first-order valence-corrected chi connectivity index (χ1v) is 7.58. The Morgan fingerprint density at radius 1 is 1.19 bits per heavy atom. The van der Waals surface area contributed by atoms with Gasteiger partial charge in [-0.2, -0.15) is 4.31 Å². The van der Waals surface area contributed by atoms with E-state index in [-0.39, 0.29) is 25.1 Å². The summed E-state index contributed by atoms with van der Waals surface area (Å²) in [7, 11) is -4.70. The summed E-state index contributed by atoms with van der Waals surface area (Å²) in [6, 6.07) is -0.890. The third-order valence-electron chi connectivity index (χ3n) is 3.27. The number of carboxylic acid groups (broad SMARTS) is 1. The Hall–Kier alpha value is -1.61. The number of carboxylic acids is 1. The lowest BCUT2D eigenvalue weighted by molar-refractivity contribution is -0.142. The van der Waals surface area contributed by atoms with Gasteiger partial charge in [0.25, 0.3) is 0 Å². The van der Waals surface area contributed by atoms with Gasteiger partial charge in [-0.1, -0.05) is 0 Å². The molecule has 0 aliphatic carbocycles. The second kappa shape index (κ2) is 5.64. The summed E-state index contributed by atoms with van der Waals surface area (Å²) in [5, 5.41) is 9.05. The number of hydrogen-bond acceptors (Lipinski definition) is 3. The minimum absolute atomic E-state index is 0.0546. The van der Waals surface area contributed by atoms with Crippen LogP contribution in [0, 0.1) is 17.5 Å². The van der Waals surface area contributed by atoms with Crippen molar-refractivity contribution in [2.75, 3.05) is 6.54 Å². The summed E-state index contributed by atoms with van der Waals surface area (Å²) in [5.74, 6) is -5.80. The third kappa shape index (κ3) is 2.88. The van der Waals surface area contributed by atoms with Gasteiger partial charge < -0.3 is 5.11 Å². The molecule has 0 radical (unpaired) electrons. The Labute approximate surface area is 119 Å². The molecule has 0 amide bonds. The summed E-state index contributed by atoms with van der Waals surface area (Å²) in [6.45, 7) is -0.157. The van der Waals surface area contributed by atoms with Crippen molar-refractivity contribution in [3.63, 3.8) is 0 Å². The van der Waals surface area contributed by atoms with Crippen molar-refractivity contribution in [3.8, 4) is 0 Å². The first-order chi connectivity index (χ1) is 9.75. The van der Waals surface area contributed by atoms with Gasteiger partial charge in [0.15, 0.2) is 4.90 Å². The summed E-state index contributed by atoms with van der Waals surface area (Å²) >= 11 is 0. The molecule has 1 aromatic carbocycles. The molecule has 1 atom stereocenters. The number of hydrogen-bond donors (Lipinski definition) is 1. The molecule has 1 saturated heterocycles. The first kappa shape index (κ1) is 15.8. The fraction of sp³-hybridized carbons (Fsp3) is 0.417. The summed E-state index contributed by atoms with van der Waals surface area (Å²) in [6.07, 6.45) is 0.934. The molecule has 1 fully saturated rings. The fourth-order valence-electron chi connectivity index (χ4n) is 2.33. The summed E-state index contributed by atoms with van der Waals surface area (Å²) in [5.41, 5.74) is 0. The molecule has 0 saturated carbocycles. The number of carbonyl (C=O) groups is 1. The van der Waals surface area contributed by atoms with E-state index in [0.717, 1.165) is 0 Å². The molecule has 0 aromatic heterocycles. The molecule has 1 aliphatic rings. The van der Waals surface area contributed by atoms with Crippen LogP contribution >= 0.6 is 0 Å². The topological polar surface area (TPSA) is 74.7 Å². The number of halogens is 3. The van der Waals surface area contributed by atoms with Crippen LogP contribution in [-0.4, -0.2) is 36.4 Å². The Morgan fingerprint density at radius 3 is 2.29 bits per heavy atom. The molecule has 2 rings (SSSR count). The van der Waals surface area contributed by atoms with E-state index in [0.29, 0.717) is 17.1 Å². The molecular formula is C12H12F3NO4S. The quantitative estimate of drug-likeness (QED) is 0.919. The van der Waals surface area contributed by atoms with E-state index in [1.54, 1.807) is 0 Å². The molecule has 1 N–H and O–H groups in total. The first-order valence-electron chi connectivity index (χ1n) is 6.14. The number of sulfonamides is 1. The second-order valence-electron chi connectivity index (χ2n) is 4.66. The van der Waals surface area contributed by atoms with E-state index in [1.807, 2.05) is 0 Å². The van der Waals surface area contributed by atoms with Crippen molar-refractivity contribution in [1.82, 2.24) is 4.31 Å². The average molecular weight is 323 g/mol. The normalized spacial score (nSPS) is 20.4. The van der Waals surface area contributed by atoms with Gasteiger partial charge in [-0.3, -0.25) is 4.79 Å². The van der Waals surface area contributed by atoms with E-state index in [1.165, 1.54) is 0 Å². The van der Waals surface area contributed by atoms with Crippen LogP contribution in [0.15, 0.2) is 17.0 Å². The van der Waals surface area contributed by atoms with Crippen LogP contribution in [0.1, 0.15) is 19.3 Å². The van der Waals surface area contributed by atoms with Gasteiger partial charge in [0, 0.05) is 18.7 Å². The molecule has 0 unspecified atom stereocenters. The fourth-order valence-corrected chi connectivity index (χ4v) is 4.08. The molecule has 1 aliphatic heterocycles. The van der Waals surface area contributed by atoms with Crippen LogP contribution in [-0.2, 0) is 14.8 Å². The van der Waals surface area contributed by atoms with Crippen LogP contribution in [0.2, 0.25) is 0 Å². The number of nitrogens with zero attached hydrogens (tertiary/aromatic N) is 1. The molecule has 116 valence electrons. The highest BCUT2D eigenvalue weighted by atomic mass is 32.2. The van der Waals surface area contributed by atoms with Crippen LogP contribution in [0.4, 0.5) is 13.2 Å². The molecule has 1 aromatic rings. The zero-order chi connectivity index (χ0) is 15.8. The van der Waals surface area contributed by atoms with E-state index in [9.17, 15) is 26.4 Å². The number of rotatable bonds is 3. The van der Waals surface area contributed by atoms with Crippen molar-refractivity contribution in [2.24, 2.45) is 0 Å². The van der Waals surface area contributed by atoms with Crippen LogP contribution in [0.5, 0.6) is 0 Å². The van der Waals surface area contributed by atoms with E-state index < -0.39 is 44.4 Å². The monoisotopic (exact) mass is 323 g/mol. The maximum atomic E-state index is 13.7. The van der Waals surface area contributed by atoms with Gasteiger partial charge in [-0.15, -0.1) is 0 Å². The molecule has 21 heavy (non-hydrogen) atoms. The standard InChI is InChI=1S/C12H12F3NO4S/c13-7-5-8(14)11(9(15)6-7)21(19,20)16-4-2-1-3-10(16)12(17)18/h5-6,10H,1-4H2,(H,17,18)/t10-/m1/s1. The van der Waals surface area contributed by atoms with Crippen molar-refractivity contribution in [1.29, 1.82) is 0 Å². The second-order valence-corrected chi connectivity index (χ2v) is 6.49. The van der Waals surface area contributed by atoms with Crippen LogP contribution in [0.3, 0.4) is 0 Å². The molecule has 1 heterocycles. The predicted molar refractivity (Wildman–Crippen MR) is 65.5 cm³/mol. The Bertz CT molecular complexity index is 654.